The van der Waals surface area contributed by atoms with Crippen LogP contribution in [0.3, 0.4) is 0 Å². The summed E-state index contributed by atoms with van der Waals surface area (Å²) in [6.07, 6.45) is 3.81. The molecule has 3 aliphatic rings. The van der Waals surface area contributed by atoms with Crippen LogP contribution in [0.5, 0.6) is 5.75 Å². The van der Waals surface area contributed by atoms with Crippen LogP contribution in [0.1, 0.15) is 52.7 Å². The predicted molar refractivity (Wildman–Crippen MR) is 99.8 cm³/mol. The molecule has 2 aromatic carbocycles. The van der Waals surface area contributed by atoms with Crippen molar-refractivity contribution in [3.63, 3.8) is 0 Å². The van der Waals surface area contributed by atoms with Crippen LogP contribution in [0.25, 0.3) is 0 Å². The molecule has 2 N–H and O–H groups in total. The Morgan fingerprint density at radius 2 is 1.92 bits per heavy atom. The van der Waals surface area contributed by atoms with E-state index in [4.69, 9.17) is 4.74 Å². The molecular formula is C22H23NO3. The number of benzene rings is 2. The van der Waals surface area contributed by atoms with Crippen LogP contribution in [-0.2, 0) is 0 Å². The normalized spacial score (nSPS) is 31.0. The Labute approximate surface area is 153 Å². The van der Waals surface area contributed by atoms with Gasteiger partial charge in [-0.3, -0.25) is 0 Å². The molecule has 26 heavy (non-hydrogen) atoms. The molecule has 2 fully saturated rings. The number of nitrogens with one attached hydrogen (secondary N) is 1. The van der Waals surface area contributed by atoms with Crippen LogP contribution in [0.15, 0.2) is 42.5 Å². The molecule has 1 heterocycles. The lowest BCUT2D eigenvalue weighted by molar-refractivity contribution is 0.0696. The Morgan fingerprint density at radius 3 is 2.73 bits per heavy atom. The zero-order valence-electron chi connectivity index (χ0n) is 14.8. The minimum atomic E-state index is -0.848. The summed E-state index contributed by atoms with van der Waals surface area (Å²) in [5.74, 6) is 2.40. The average Bonchev–Trinajstić information content (AvgIpc) is 3.29. The molecule has 0 radical (unpaired) electrons. The number of para-hydroxylation sites is 1. The number of anilines is 1. The fourth-order valence-corrected chi connectivity index (χ4v) is 5.85. The third kappa shape index (κ3) is 2.17. The Balaban J connectivity index is 1.65. The highest BCUT2D eigenvalue weighted by atomic mass is 16.5. The summed E-state index contributed by atoms with van der Waals surface area (Å²) < 4.78 is 5.65. The van der Waals surface area contributed by atoms with Gasteiger partial charge < -0.3 is 15.2 Å². The highest BCUT2D eigenvalue weighted by Crippen LogP contribution is 2.64. The maximum absolute atomic E-state index is 11.5. The van der Waals surface area contributed by atoms with Crippen LogP contribution in [-0.4, -0.2) is 18.2 Å². The second-order valence-electron chi connectivity index (χ2n) is 7.91. The minimum absolute atomic E-state index is 0.217. The molecule has 0 saturated heterocycles. The fourth-order valence-electron chi connectivity index (χ4n) is 5.85. The number of carboxylic acid groups (broad SMARTS) is 1. The van der Waals surface area contributed by atoms with Gasteiger partial charge in [0.2, 0.25) is 0 Å². The van der Waals surface area contributed by atoms with Crippen molar-refractivity contribution in [1.29, 1.82) is 0 Å². The molecule has 0 unspecified atom stereocenters. The topological polar surface area (TPSA) is 58.6 Å². The number of fused-ring (bicyclic) bond motifs is 7. The van der Waals surface area contributed by atoms with E-state index in [-0.39, 0.29) is 6.04 Å². The van der Waals surface area contributed by atoms with Crippen molar-refractivity contribution in [2.45, 2.75) is 31.2 Å². The van der Waals surface area contributed by atoms with Gasteiger partial charge in [-0.25, -0.2) is 4.79 Å². The first kappa shape index (κ1) is 15.7. The van der Waals surface area contributed by atoms with Crippen LogP contribution < -0.4 is 10.1 Å². The first-order valence-electron chi connectivity index (χ1n) is 9.44. The Kier molecular flexibility index (Phi) is 3.49. The molecule has 2 aromatic rings. The fraction of sp³-hybridized carbons (Fsp3) is 0.409. The van der Waals surface area contributed by atoms with Gasteiger partial charge in [0.25, 0.3) is 0 Å². The summed E-state index contributed by atoms with van der Waals surface area (Å²) in [5.41, 5.74) is 3.89. The summed E-state index contributed by atoms with van der Waals surface area (Å²) in [5, 5.41) is 13.2. The highest BCUT2D eigenvalue weighted by molar-refractivity contribution is 5.88. The van der Waals surface area contributed by atoms with Crippen LogP contribution >= 0.6 is 0 Å². The lowest BCUT2D eigenvalue weighted by atomic mass is 9.67. The zero-order chi connectivity index (χ0) is 17.8. The van der Waals surface area contributed by atoms with E-state index in [0.29, 0.717) is 29.2 Å². The van der Waals surface area contributed by atoms with E-state index in [2.05, 4.69) is 17.4 Å². The molecule has 0 aromatic heterocycles. The Bertz CT molecular complexity index is 877. The van der Waals surface area contributed by atoms with Gasteiger partial charge in [0.15, 0.2) is 0 Å². The van der Waals surface area contributed by atoms with Gasteiger partial charge in [0.05, 0.1) is 18.7 Å². The van der Waals surface area contributed by atoms with Crippen LogP contribution in [0, 0.1) is 17.8 Å². The lowest BCUT2D eigenvalue weighted by Crippen LogP contribution is -2.35. The van der Waals surface area contributed by atoms with Crippen molar-refractivity contribution < 1.29 is 14.6 Å². The van der Waals surface area contributed by atoms with Gasteiger partial charge in [0, 0.05) is 11.3 Å². The number of ether oxygens (including phenoxy) is 1. The second-order valence-corrected chi connectivity index (χ2v) is 7.91. The lowest BCUT2D eigenvalue weighted by Gasteiger charge is -2.43. The molecular weight excluding hydrogens is 326 g/mol. The standard InChI is InChI=1S/C22H23NO3/c1-26-18-5-3-2-4-15(18)21-20-13-7-6-12(10-13)19(20)16-11-14(22(24)25)8-9-17(16)23-21/h2-5,8-9,11-13,19-21,23H,6-7,10H2,1H3,(H,24,25)/t12-,13-,19-,20+,21-/m0/s1. The van der Waals surface area contributed by atoms with Crippen LogP contribution in [0.4, 0.5) is 5.69 Å². The SMILES string of the molecule is COc1ccccc1[C@@H]1Nc2ccc(C(=O)O)cc2[C@@H]2[C@H]3CC[C@@H](C3)[C@H]21. The number of carboxylic acids is 1. The molecule has 4 nitrogen and oxygen atoms in total. The van der Waals surface area contributed by atoms with Crippen molar-refractivity contribution >= 4 is 11.7 Å². The Hall–Kier alpha value is -2.49. The molecule has 4 heteroatoms. The van der Waals surface area contributed by atoms with Gasteiger partial charge in [0.1, 0.15) is 5.75 Å². The van der Waals surface area contributed by atoms with Crippen molar-refractivity contribution in [2.75, 3.05) is 12.4 Å². The summed E-state index contributed by atoms with van der Waals surface area (Å²) in [7, 11) is 1.73. The van der Waals surface area contributed by atoms with Gasteiger partial charge in [-0.1, -0.05) is 18.2 Å². The molecule has 134 valence electrons. The third-order valence-electron chi connectivity index (χ3n) is 6.81. The van der Waals surface area contributed by atoms with Crippen molar-refractivity contribution in [3.05, 3.63) is 59.2 Å². The Morgan fingerprint density at radius 1 is 1.12 bits per heavy atom. The van der Waals surface area contributed by atoms with Crippen molar-refractivity contribution in [3.8, 4) is 5.75 Å². The molecule has 0 spiro atoms. The molecule has 1 aliphatic heterocycles. The number of carbonyl (C=O) groups is 1. The van der Waals surface area contributed by atoms with E-state index in [1.165, 1.54) is 30.4 Å². The van der Waals surface area contributed by atoms with E-state index in [1.807, 2.05) is 24.3 Å². The van der Waals surface area contributed by atoms with E-state index in [9.17, 15) is 9.90 Å². The largest absolute Gasteiger partial charge is 0.496 e. The van der Waals surface area contributed by atoms with E-state index < -0.39 is 5.97 Å². The number of hydrogen-bond donors (Lipinski definition) is 2. The maximum Gasteiger partial charge on any atom is 0.335 e. The third-order valence-corrected chi connectivity index (χ3v) is 6.81. The number of methoxy groups -OCH3 is 1. The highest BCUT2D eigenvalue weighted by Gasteiger charge is 2.54. The predicted octanol–water partition coefficient (Wildman–Crippen LogP) is 4.69. The van der Waals surface area contributed by atoms with Gasteiger partial charge in [-0.15, -0.1) is 0 Å². The molecule has 2 saturated carbocycles. The first-order valence-corrected chi connectivity index (χ1v) is 9.44. The number of aromatic carboxylic acids is 1. The molecule has 5 atom stereocenters. The van der Waals surface area contributed by atoms with Crippen LogP contribution in [0.2, 0.25) is 0 Å². The zero-order valence-corrected chi connectivity index (χ0v) is 14.8. The summed E-state index contributed by atoms with van der Waals surface area (Å²) in [6.45, 7) is 0. The molecule has 2 bridgehead atoms. The van der Waals surface area contributed by atoms with E-state index >= 15 is 0 Å². The summed E-state index contributed by atoms with van der Waals surface area (Å²) in [6, 6.07) is 14.1. The van der Waals surface area contributed by atoms with Gasteiger partial charge in [-0.2, -0.15) is 0 Å². The van der Waals surface area contributed by atoms with Gasteiger partial charge >= 0.3 is 5.97 Å². The van der Waals surface area contributed by atoms with Gasteiger partial charge in [-0.05, 0) is 72.8 Å². The maximum atomic E-state index is 11.5. The quantitative estimate of drug-likeness (QED) is 0.844. The first-order chi connectivity index (χ1) is 12.7. The minimum Gasteiger partial charge on any atom is -0.496 e. The molecule has 0 amide bonds. The second kappa shape index (κ2) is 5.76. The summed E-state index contributed by atoms with van der Waals surface area (Å²) >= 11 is 0. The van der Waals surface area contributed by atoms with Crippen molar-refractivity contribution in [1.82, 2.24) is 0 Å². The van der Waals surface area contributed by atoms with Crippen molar-refractivity contribution in [2.24, 2.45) is 17.8 Å². The number of rotatable bonds is 3. The molecule has 5 rings (SSSR count). The van der Waals surface area contributed by atoms with E-state index in [0.717, 1.165) is 11.4 Å². The monoisotopic (exact) mass is 349 g/mol. The molecule has 2 aliphatic carbocycles. The summed E-state index contributed by atoms with van der Waals surface area (Å²) in [4.78, 5) is 11.5. The number of hydrogen-bond acceptors (Lipinski definition) is 3. The smallest absolute Gasteiger partial charge is 0.335 e. The average molecular weight is 349 g/mol. The van der Waals surface area contributed by atoms with E-state index in [1.54, 1.807) is 13.2 Å².